The number of hydrogen-bond donors (Lipinski definition) is 2. The van der Waals surface area contributed by atoms with E-state index < -0.39 is 0 Å². The van der Waals surface area contributed by atoms with Crippen molar-refractivity contribution in [2.24, 2.45) is 0 Å². The second kappa shape index (κ2) is 8.80. The van der Waals surface area contributed by atoms with Gasteiger partial charge in [-0.1, -0.05) is 12.8 Å². The van der Waals surface area contributed by atoms with Gasteiger partial charge >= 0.3 is 0 Å². The summed E-state index contributed by atoms with van der Waals surface area (Å²) in [4.78, 5) is 19.1. The fraction of sp³-hybridized carbons (Fsp3) is 0.650. The van der Waals surface area contributed by atoms with E-state index in [9.17, 15) is 4.79 Å². The molecule has 2 aliphatic heterocycles. The van der Waals surface area contributed by atoms with E-state index in [1.165, 1.54) is 25.7 Å². The van der Waals surface area contributed by atoms with Crippen LogP contribution in [0.15, 0.2) is 18.3 Å². The molecule has 0 radical (unpaired) electrons. The molecule has 27 heavy (non-hydrogen) atoms. The van der Waals surface area contributed by atoms with Crippen LogP contribution in [0.1, 0.15) is 43.7 Å². The van der Waals surface area contributed by atoms with Crippen LogP contribution in [0.4, 0.5) is 0 Å². The lowest BCUT2D eigenvalue weighted by Gasteiger charge is -2.18. The van der Waals surface area contributed by atoms with Crippen molar-refractivity contribution in [1.29, 1.82) is 0 Å². The van der Waals surface area contributed by atoms with Crippen LogP contribution in [0.3, 0.4) is 0 Å². The van der Waals surface area contributed by atoms with E-state index in [0.29, 0.717) is 25.6 Å². The maximum Gasteiger partial charge on any atom is 0.234 e. The van der Waals surface area contributed by atoms with Crippen molar-refractivity contribution in [3.05, 3.63) is 24.0 Å². The molecule has 146 valence electrons. The van der Waals surface area contributed by atoms with Gasteiger partial charge in [-0.25, -0.2) is 9.67 Å². The molecular formula is C20H30N6O. The summed E-state index contributed by atoms with van der Waals surface area (Å²) in [5.74, 6) is 0.567. The van der Waals surface area contributed by atoms with E-state index in [1.54, 1.807) is 0 Å². The largest absolute Gasteiger partial charge is 0.353 e. The molecule has 7 heteroatoms. The van der Waals surface area contributed by atoms with E-state index in [2.05, 4.69) is 26.6 Å². The highest BCUT2D eigenvalue weighted by atomic mass is 16.2. The Kier molecular flexibility index (Phi) is 5.99. The Bertz CT molecular complexity index is 759. The number of pyridine rings is 1. The first kappa shape index (κ1) is 18.4. The summed E-state index contributed by atoms with van der Waals surface area (Å²) in [5.41, 5.74) is 2.06. The van der Waals surface area contributed by atoms with Gasteiger partial charge in [0, 0.05) is 30.6 Å². The van der Waals surface area contributed by atoms with Crippen LogP contribution in [0, 0.1) is 0 Å². The number of carbonyl (C=O) groups excluding carboxylic acids is 1. The monoisotopic (exact) mass is 370 g/mol. The standard InChI is InChI=1S/C20H30N6O/c27-18(15-25-11-3-1-2-4-12-25)22-10-13-26-20-17(6-5-8-23-20)19(24-26)16-7-9-21-14-16/h5-6,8,16,21H,1-4,7,9-15H2,(H,22,27)/t16-/m1/s1. The number of rotatable bonds is 6. The molecule has 0 aliphatic carbocycles. The Hall–Kier alpha value is -1.99. The molecule has 2 aliphatic rings. The lowest BCUT2D eigenvalue weighted by Crippen LogP contribution is -2.38. The number of fused-ring (bicyclic) bond motifs is 1. The third kappa shape index (κ3) is 4.47. The van der Waals surface area contributed by atoms with Crippen LogP contribution in [0.5, 0.6) is 0 Å². The SMILES string of the molecule is O=C(CN1CCCCCC1)NCCn1nc([C@@H]2CCNC2)c2cccnc21. The molecule has 0 spiro atoms. The summed E-state index contributed by atoms with van der Waals surface area (Å²) in [7, 11) is 0. The molecular weight excluding hydrogens is 340 g/mol. The highest BCUT2D eigenvalue weighted by molar-refractivity contribution is 5.79. The molecule has 4 rings (SSSR count). The number of likely N-dealkylation sites (tertiary alicyclic amines) is 1. The Morgan fingerprint density at radius 1 is 1.26 bits per heavy atom. The van der Waals surface area contributed by atoms with Gasteiger partial charge in [0.1, 0.15) is 0 Å². The number of carbonyl (C=O) groups is 1. The number of hydrogen-bond acceptors (Lipinski definition) is 5. The third-order valence-corrected chi connectivity index (χ3v) is 5.69. The molecule has 2 aromatic heterocycles. The second-order valence-corrected chi connectivity index (χ2v) is 7.71. The summed E-state index contributed by atoms with van der Waals surface area (Å²) < 4.78 is 1.95. The minimum atomic E-state index is 0.113. The van der Waals surface area contributed by atoms with Gasteiger partial charge < -0.3 is 10.6 Å². The number of nitrogens with one attached hydrogen (secondary N) is 2. The molecule has 0 aromatic carbocycles. The molecule has 2 saturated heterocycles. The Morgan fingerprint density at radius 3 is 2.89 bits per heavy atom. The molecule has 2 N–H and O–H groups in total. The second-order valence-electron chi connectivity index (χ2n) is 7.71. The lowest BCUT2D eigenvalue weighted by atomic mass is 10.0. The fourth-order valence-corrected chi connectivity index (χ4v) is 4.23. The van der Waals surface area contributed by atoms with Crippen LogP contribution < -0.4 is 10.6 Å². The van der Waals surface area contributed by atoms with Gasteiger partial charge in [0.25, 0.3) is 0 Å². The first-order valence-electron chi connectivity index (χ1n) is 10.3. The lowest BCUT2D eigenvalue weighted by molar-refractivity contribution is -0.122. The molecule has 0 saturated carbocycles. The molecule has 1 atom stereocenters. The van der Waals surface area contributed by atoms with E-state index in [4.69, 9.17) is 5.10 Å². The Labute approximate surface area is 160 Å². The van der Waals surface area contributed by atoms with Crippen LogP contribution in [0.2, 0.25) is 0 Å². The predicted molar refractivity (Wildman–Crippen MR) is 106 cm³/mol. The van der Waals surface area contributed by atoms with E-state index in [-0.39, 0.29) is 5.91 Å². The van der Waals surface area contributed by atoms with Gasteiger partial charge in [-0.3, -0.25) is 9.69 Å². The van der Waals surface area contributed by atoms with E-state index in [0.717, 1.165) is 49.3 Å². The topological polar surface area (TPSA) is 75.1 Å². The van der Waals surface area contributed by atoms with E-state index in [1.807, 2.05) is 16.9 Å². The molecule has 2 fully saturated rings. The van der Waals surface area contributed by atoms with E-state index >= 15 is 0 Å². The Balaban J connectivity index is 1.35. The molecule has 4 heterocycles. The normalized spacial score (nSPS) is 21.4. The zero-order valence-electron chi connectivity index (χ0n) is 16.0. The van der Waals surface area contributed by atoms with Gasteiger partial charge in [0.2, 0.25) is 5.91 Å². The molecule has 0 bridgehead atoms. The maximum absolute atomic E-state index is 12.3. The highest BCUT2D eigenvalue weighted by Gasteiger charge is 2.23. The summed E-state index contributed by atoms with van der Waals surface area (Å²) in [6.07, 6.45) is 7.92. The summed E-state index contributed by atoms with van der Waals surface area (Å²) in [5, 5.41) is 12.5. The zero-order chi connectivity index (χ0) is 18.5. The van der Waals surface area contributed by atoms with Crippen molar-refractivity contribution in [2.75, 3.05) is 39.3 Å². The van der Waals surface area contributed by atoms with Crippen molar-refractivity contribution in [2.45, 2.75) is 44.6 Å². The van der Waals surface area contributed by atoms with Crippen molar-refractivity contribution in [1.82, 2.24) is 30.3 Å². The first-order valence-corrected chi connectivity index (χ1v) is 10.3. The van der Waals surface area contributed by atoms with Crippen LogP contribution >= 0.6 is 0 Å². The number of nitrogens with zero attached hydrogens (tertiary/aromatic N) is 4. The molecule has 2 aromatic rings. The molecule has 1 amide bonds. The van der Waals surface area contributed by atoms with Gasteiger partial charge in [-0.2, -0.15) is 5.10 Å². The summed E-state index contributed by atoms with van der Waals surface area (Å²) >= 11 is 0. The average molecular weight is 371 g/mol. The highest BCUT2D eigenvalue weighted by Crippen LogP contribution is 2.27. The number of amides is 1. The smallest absolute Gasteiger partial charge is 0.234 e. The fourth-order valence-electron chi connectivity index (χ4n) is 4.23. The molecule has 0 unspecified atom stereocenters. The first-order chi connectivity index (χ1) is 13.3. The van der Waals surface area contributed by atoms with Crippen molar-refractivity contribution in [3.63, 3.8) is 0 Å². The Morgan fingerprint density at radius 2 is 2.11 bits per heavy atom. The van der Waals surface area contributed by atoms with Crippen LogP contribution in [0.25, 0.3) is 11.0 Å². The van der Waals surface area contributed by atoms with Gasteiger partial charge in [0.05, 0.1) is 18.8 Å². The predicted octanol–water partition coefficient (Wildman–Crippen LogP) is 1.50. The van der Waals surface area contributed by atoms with Crippen molar-refractivity contribution in [3.8, 4) is 0 Å². The molecule has 7 nitrogen and oxygen atoms in total. The third-order valence-electron chi connectivity index (χ3n) is 5.69. The number of aromatic nitrogens is 3. The van der Waals surface area contributed by atoms with Gasteiger partial charge in [-0.15, -0.1) is 0 Å². The maximum atomic E-state index is 12.3. The van der Waals surface area contributed by atoms with Gasteiger partial charge in [0.15, 0.2) is 5.65 Å². The summed E-state index contributed by atoms with van der Waals surface area (Å²) in [6, 6.07) is 4.08. The van der Waals surface area contributed by atoms with Crippen molar-refractivity contribution < 1.29 is 4.79 Å². The minimum absolute atomic E-state index is 0.113. The average Bonchev–Trinajstić information content (AvgIpc) is 3.25. The van der Waals surface area contributed by atoms with Gasteiger partial charge in [-0.05, 0) is 51.0 Å². The summed E-state index contributed by atoms with van der Waals surface area (Å²) in [6.45, 7) is 5.86. The zero-order valence-corrected chi connectivity index (χ0v) is 16.0. The minimum Gasteiger partial charge on any atom is -0.353 e. The van der Waals surface area contributed by atoms with Crippen LogP contribution in [-0.2, 0) is 11.3 Å². The quantitative estimate of drug-likeness (QED) is 0.806. The van der Waals surface area contributed by atoms with Crippen LogP contribution in [-0.4, -0.2) is 64.8 Å². The van der Waals surface area contributed by atoms with Crippen molar-refractivity contribution >= 4 is 16.9 Å².